The van der Waals surface area contributed by atoms with Crippen LogP contribution in [0.1, 0.15) is 44.7 Å². The van der Waals surface area contributed by atoms with Gasteiger partial charge in [-0.25, -0.2) is 8.42 Å². The molecule has 0 aromatic heterocycles. The highest BCUT2D eigenvalue weighted by molar-refractivity contribution is 7.92. The average Bonchev–Trinajstić information content (AvgIpc) is 2.81. The van der Waals surface area contributed by atoms with E-state index in [0.29, 0.717) is 29.1 Å². The van der Waals surface area contributed by atoms with Crippen LogP contribution >= 0.6 is 11.6 Å². The number of amides is 2. The fraction of sp³-hybridized carbons (Fsp3) is 0.462. The largest absolute Gasteiger partial charge is 0.352 e. The second-order valence-corrected chi connectivity index (χ2v) is 11.0. The molecule has 192 valence electrons. The number of carbonyl (C=O) groups excluding carboxylic acids is 2. The number of benzene rings is 2. The van der Waals surface area contributed by atoms with E-state index in [-0.39, 0.29) is 18.5 Å². The lowest BCUT2D eigenvalue weighted by Crippen LogP contribution is -2.54. The molecule has 2 amide bonds. The zero-order chi connectivity index (χ0) is 26.2. The molecule has 0 radical (unpaired) electrons. The molecule has 0 aliphatic heterocycles. The predicted octanol–water partition coefficient (Wildman–Crippen LogP) is 4.18. The first-order valence-electron chi connectivity index (χ1n) is 11.9. The van der Waals surface area contributed by atoms with E-state index in [0.717, 1.165) is 22.5 Å². The Balaban J connectivity index is 2.40. The molecule has 2 aromatic rings. The minimum Gasteiger partial charge on any atom is -0.352 e. The summed E-state index contributed by atoms with van der Waals surface area (Å²) in [7, 11) is -3.80. The van der Waals surface area contributed by atoms with Crippen molar-refractivity contribution in [2.24, 2.45) is 0 Å². The Bertz CT molecular complexity index is 1110. The number of hydrogen-bond donors (Lipinski definition) is 1. The Labute approximate surface area is 214 Å². The third-order valence-electron chi connectivity index (χ3n) is 6.06. The molecule has 9 heteroatoms. The van der Waals surface area contributed by atoms with Crippen molar-refractivity contribution in [3.8, 4) is 0 Å². The smallest absolute Gasteiger partial charge is 0.244 e. The van der Waals surface area contributed by atoms with Crippen molar-refractivity contribution in [2.45, 2.75) is 59.0 Å². The van der Waals surface area contributed by atoms with Crippen LogP contribution in [0.25, 0.3) is 0 Å². The molecule has 0 heterocycles. The monoisotopic (exact) mass is 521 g/mol. The number of rotatable bonds is 12. The Morgan fingerprint density at radius 3 is 2.26 bits per heavy atom. The van der Waals surface area contributed by atoms with Crippen LogP contribution in [0, 0.1) is 6.92 Å². The fourth-order valence-electron chi connectivity index (χ4n) is 3.80. The van der Waals surface area contributed by atoms with Gasteiger partial charge in [-0.05, 0) is 56.4 Å². The quantitative estimate of drug-likeness (QED) is 0.454. The Hall–Kier alpha value is -2.58. The molecule has 0 bridgehead atoms. The van der Waals surface area contributed by atoms with Gasteiger partial charge in [0.25, 0.3) is 0 Å². The first-order valence-corrected chi connectivity index (χ1v) is 14.1. The maximum Gasteiger partial charge on any atom is 0.244 e. The van der Waals surface area contributed by atoms with Gasteiger partial charge in [0, 0.05) is 17.6 Å². The average molecular weight is 522 g/mol. The third-order valence-corrected chi connectivity index (χ3v) is 7.59. The molecule has 7 nitrogen and oxygen atoms in total. The van der Waals surface area contributed by atoms with Crippen LogP contribution in [-0.4, -0.2) is 56.6 Å². The summed E-state index contributed by atoms with van der Waals surface area (Å²) < 4.78 is 26.5. The molecule has 0 saturated heterocycles. The fourth-order valence-corrected chi connectivity index (χ4v) is 4.87. The predicted molar refractivity (Wildman–Crippen MR) is 142 cm³/mol. The SMILES string of the molecule is CC[C@H](C)NC(=O)[C@H](CC)N(CCc1ccccc1)C(=O)CN(c1cccc(Cl)c1C)S(C)(=O)=O. The zero-order valence-corrected chi connectivity index (χ0v) is 22.7. The van der Waals surface area contributed by atoms with Gasteiger partial charge in [0.15, 0.2) is 0 Å². The number of nitrogens with one attached hydrogen (secondary N) is 1. The van der Waals surface area contributed by atoms with Gasteiger partial charge in [-0.1, -0.05) is 61.8 Å². The number of halogens is 1. The first kappa shape index (κ1) is 28.7. The second-order valence-electron chi connectivity index (χ2n) is 8.72. The molecule has 0 fully saturated rings. The molecule has 0 spiro atoms. The second kappa shape index (κ2) is 12.9. The van der Waals surface area contributed by atoms with E-state index in [9.17, 15) is 18.0 Å². The maximum absolute atomic E-state index is 13.7. The van der Waals surface area contributed by atoms with Crippen molar-refractivity contribution in [1.29, 1.82) is 0 Å². The van der Waals surface area contributed by atoms with Gasteiger partial charge in [-0.15, -0.1) is 0 Å². The van der Waals surface area contributed by atoms with Crippen LogP contribution in [-0.2, 0) is 26.0 Å². The summed E-state index contributed by atoms with van der Waals surface area (Å²) in [5, 5.41) is 3.37. The molecule has 1 N–H and O–H groups in total. The summed E-state index contributed by atoms with van der Waals surface area (Å²) in [6.07, 6.45) is 2.75. The molecule has 0 aliphatic carbocycles. The van der Waals surface area contributed by atoms with Crippen LogP contribution in [0.3, 0.4) is 0 Å². The van der Waals surface area contributed by atoms with Crippen molar-refractivity contribution in [2.75, 3.05) is 23.7 Å². The number of hydrogen-bond acceptors (Lipinski definition) is 4. The molecule has 0 saturated carbocycles. The number of carbonyl (C=O) groups is 2. The molecule has 2 rings (SSSR count). The molecular weight excluding hydrogens is 486 g/mol. The van der Waals surface area contributed by atoms with E-state index in [2.05, 4.69) is 5.32 Å². The molecule has 0 aliphatic rings. The third kappa shape index (κ3) is 7.97. The van der Waals surface area contributed by atoms with Crippen LogP contribution in [0.2, 0.25) is 5.02 Å². The van der Waals surface area contributed by atoms with Crippen LogP contribution in [0.4, 0.5) is 5.69 Å². The highest BCUT2D eigenvalue weighted by Crippen LogP contribution is 2.28. The van der Waals surface area contributed by atoms with Gasteiger partial charge in [0.1, 0.15) is 12.6 Å². The minimum absolute atomic E-state index is 0.0377. The topological polar surface area (TPSA) is 86.8 Å². The highest BCUT2D eigenvalue weighted by Gasteiger charge is 2.32. The van der Waals surface area contributed by atoms with E-state index in [1.165, 1.54) is 4.90 Å². The number of sulfonamides is 1. The number of anilines is 1. The highest BCUT2D eigenvalue weighted by atomic mass is 35.5. The van der Waals surface area contributed by atoms with Crippen molar-refractivity contribution in [1.82, 2.24) is 10.2 Å². The van der Waals surface area contributed by atoms with E-state index < -0.39 is 28.5 Å². The van der Waals surface area contributed by atoms with E-state index in [4.69, 9.17) is 11.6 Å². The number of nitrogens with zero attached hydrogens (tertiary/aromatic N) is 2. The van der Waals surface area contributed by atoms with Crippen molar-refractivity contribution >= 4 is 39.1 Å². The molecule has 2 aromatic carbocycles. The van der Waals surface area contributed by atoms with Crippen molar-refractivity contribution in [3.05, 3.63) is 64.7 Å². The summed E-state index contributed by atoms with van der Waals surface area (Å²) in [6, 6.07) is 13.8. The summed E-state index contributed by atoms with van der Waals surface area (Å²) in [6.45, 7) is 7.29. The Morgan fingerprint density at radius 1 is 1.03 bits per heavy atom. The Kier molecular flexibility index (Phi) is 10.6. The maximum atomic E-state index is 13.7. The van der Waals surface area contributed by atoms with Crippen LogP contribution in [0.5, 0.6) is 0 Å². The van der Waals surface area contributed by atoms with E-state index >= 15 is 0 Å². The van der Waals surface area contributed by atoms with Gasteiger partial charge in [0.2, 0.25) is 21.8 Å². The lowest BCUT2D eigenvalue weighted by Gasteiger charge is -2.33. The van der Waals surface area contributed by atoms with Gasteiger partial charge in [-0.2, -0.15) is 0 Å². The van der Waals surface area contributed by atoms with Gasteiger partial charge < -0.3 is 10.2 Å². The Morgan fingerprint density at radius 2 is 1.69 bits per heavy atom. The lowest BCUT2D eigenvalue weighted by atomic mass is 10.1. The minimum atomic E-state index is -3.80. The lowest BCUT2D eigenvalue weighted by molar-refractivity contribution is -0.139. The summed E-state index contributed by atoms with van der Waals surface area (Å²) in [5.74, 6) is -0.690. The van der Waals surface area contributed by atoms with Gasteiger partial charge in [0.05, 0.1) is 11.9 Å². The van der Waals surface area contributed by atoms with Crippen LogP contribution < -0.4 is 9.62 Å². The van der Waals surface area contributed by atoms with Crippen LogP contribution in [0.15, 0.2) is 48.5 Å². The molecular formula is C26H36ClN3O4S. The molecule has 2 atom stereocenters. The normalized spacial score (nSPS) is 13.1. The standard InChI is InChI=1S/C26H36ClN3O4S/c1-6-19(3)28-26(32)23(7-2)29(17-16-21-12-9-8-10-13-21)25(31)18-30(35(5,33)34)24-15-11-14-22(27)20(24)4/h8-15,19,23H,6-7,16-18H2,1-5H3,(H,28,32)/t19-,23-/m0/s1. The zero-order valence-electron chi connectivity index (χ0n) is 21.1. The van der Waals surface area contributed by atoms with E-state index in [1.807, 2.05) is 51.1 Å². The van der Waals surface area contributed by atoms with Crippen molar-refractivity contribution in [3.63, 3.8) is 0 Å². The molecule has 0 unspecified atom stereocenters. The molecule has 35 heavy (non-hydrogen) atoms. The van der Waals surface area contributed by atoms with Gasteiger partial charge in [-0.3, -0.25) is 13.9 Å². The van der Waals surface area contributed by atoms with E-state index in [1.54, 1.807) is 25.1 Å². The summed E-state index contributed by atoms with van der Waals surface area (Å²) >= 11 is 6.23. The van der Waals surface area contributed by atoms with Gasteiger partial charge >= 0.3 is 0 Å². The summed E-state index contributed by atoms with van der Waals surface area (Å²) in [4.78, 5) is 28.3. The summed E-state index contributed by atoms with van der Waals surface area (Å²) in [5.41, 5.74) is 1.92. The first-order chi connectivity index (χ1) is 16.5. The van der Waals surface area contributed by atoms with Crippen molar-refractivity contribution < 1.29 is 18.0 Å².